The minimum atomic E-state index is -1.06. The number of carbonyl (C=O) groups is 2. The number of rotatable bonds is 5. The van der Waals surface area contributed by atoms with E-state index in [1.54, 1.807) is 0 Å². The highest BCUT2D eigenvalue weighted by Gasteiger charge is 2.55. The molecule has 1 aliphatic rings. The van der Waals surface area contributed by atoms with Gasteiger partial charge in [0.05, 0.1) is 6.61 Å². The number of hydrogen-bond acceptors (Lipinski definition) is 4. The lowest BCUT2D eigenvalue weighted by Crippen LogP contribution is -2.33. The van der Waals surface area contributed by atoms with Crippen LogP contribution in [0.3, 0.4) is 0 Å². The van der Waals surface area contributed by atoms with Crippen LogP contribution in [0.25, 0.3) is 0 Å². The van der Waals surface area contributed by atoms with Crippen LogP contribution in [-0.4, -0.2) is 37.1 Å². The summed E-state index contributed by atoms with van der Waals surface area (Å²) in [6, 6.07) is -0.949. The number of aliphatic carboxylic acids is 1. The third-order valence-corrected chi connectivity index (χ3v) is 2.51. The molecular weight excluding hydrogens is 174 g/mol. The van der Waals surface area contributed by atoms with Crippen molar-refractivity contribution in [2.45, 2.75) is 6.04 Å². The molecule has 1 saturated carbocycles. The molecule has 0 spiro atoms. The molecule has 74 valence electrons. The van der Waals surface area contributed by atoms with Crippen LogP contribution < -0.4 is 5.73 Å². The van der Waals surface area contributed by atoms with Crippen molar-refractivity contribution in [2.75, 3.05) is 13.7 Å². The average molecular weight is 187 g/mol. The summed E-state index contributed by atoms with van der Waals surface area (Å²) in [4.78, 5) is 21.0. The third kappa shape index (κ3) is 1.87. The van der Waals surface area contributed by atoms with Gasteiger partial charge in [0.25, 0.3) is 0 Å². The summed E-state index contributed by atoms with van der Waals surface area (Å²) in [5.74, 6) is -1.58. The molecule has 3 N–H and O–H groups in total. The van der Waals surface area contributed by atoms with Crippen LogP contribution >= 0.6 is 0 Å². The van der Waals surface area contributed by atoms with E-state index in [0.29, 0.717) is 6.61 Å². The number of carboxylic acids is 1. The topological polar surface area (TPSA) is 89.6 Å². The Bertz CT molecular complexity index is 218. The van der Waals surface area contributed by atoms with E-state index in [0.717, 1.165) is 6.29 Å². The number of hydrogen-bond donors (Lipinski definition) is 2. The molecule has 0 aromatic carbocycles. The molecule has 0 heterocycles. The monoisotopic (exact) mass is 187 g/mol. The van der Waals surface area contributed by atoms with Gasteiger partial charge in [-0.25, -0.2) is 0 Å². The molecule has 4 atom stereocenters. The van der Waals surface area contributed by atoms with Gasteiger partial charge in [-0.05, 0) is 5.92 Å². The van der Waals surface area contributed by atoms with E-state index in [1.165, 1.54) is 7.11 Å². The van der Waals surface area contributed by atoms with Gasteiger partial charge in [-0.15, -0.1) is 0 Å². The molecule has 0 aromatic rings. The molecule has 0 bridgehead atoms. The zero-order valence-electron chi connectivity index (χ0n) is 7.34. The largest absolute Gasteiger partial charge is 0.480 e. The molecule has 0 saturated heterocycles. The highest BCUT2D eigenvalue weighted by atomic mass is 16.5. The van der Waals surface area contributed by atoms with Gasteiger partial charge in [0.2, 0.25) is 0 Å². The summed E-state index contributed by atoms with van der Waals surface area (Å²) in [5.41, 5.74) is 5.39. The lowest BCUT2D eigenvalue weighted by molar-refractivity contribution is -0.139. The van der Waals surface area contributed by atoms with Crippen LogP contribution in [0.2, 0.25) is 0 Å². The summed E-state index contributed by atoms with van der Waals surface area (Å²) in [5, 5.41) is 8.61. The predicted octanol–water partition coefficient (Wildman–Crippen LogP) is -0.894. The van der Waals surface area contributed by atoms with Crippen molar-refractivity contribution in [1.82, 2.24) is 0 Å². The molecule has 0 aliphatic heterocycles. The second-order valence-electron chi connectivity index (χ2n) is 3.27. The van der Waals surface area contributed by atoms with Gasteiger partial charge < -0.3 is 20.4 Å². The van der Waals surface area contributed by atoms with Crippen LogP contribution in [0.5, 0.6) is 0 Å². The van der Waals surface area contributed by atoms with Crippen molar-refractivity contribution in [2.24, 2.45) is 23.5 Å². The Balaban J connectivity index is 2.52. The summed E-state index contributed by atoms with van der Waals surface area (Å²) in [6.45, 7) is 0.398. The first kappa shape index (κ1) is 10.1. The SMILES string of the molecule is COCC1C(C=O)C1[C@@H](N)C(=O)O. The van der Waals surface area contributed by atoms with Crippen LogP contribution in [0.15, 0.2) is 0 Å². The molecule has 5 heteroatoms. The normalized spacial score (nSPS) is 33.8. The first-order chi connectivity index (χ1) is 6.13. The maximum Gasteiger partial charge on any atom is 0.320 e. The van der Waals surface area contributed by atoms with Gasteiger partial charge in [-0.2, -0.15) is 0 Å². The molecule has 0 radical (unpaired) electrons. The van der Waals surface area contributed by atoms with Gasteiger partial charge in [0.1, 0.15) is 12.3 Å². The standard InChI is InChI=1S/C8H13NO4/c1-13-3-5-4(2-10)6(5)7(9)8(11)12/h2,4-7H,3,9H2,1H3,(H,11,12)/t4?,5?,6?,7-/m1/s1. The maximum absolute atomic E-state index is 10.5. The van der Waals surface area contributed by atoms with Gasteiger partial charge >= 0.3 is 5.97 Å². The number of aldehydes is 1. The fraction of sp³-hybridized carbons (Fsp3) is 0.750. The molecule has 1 fully saturated rings. The maximum atomic E-state index is 10.5. The highest BCUT2D eigenvalue weighted by Crippen LogP contribution is 2.46. The lowest BCUT2D eigenvalue weighted by Gasteiger charge is -2.03. The second kappa shape index (κ2) is 3.85. The molecule has 5 nitrogen and oxygen atoms in total. The molecule has 1 rings (SSSR count). The summed E-state index contributed by atoms with van der Waals surface area (Å²) in [6.07, 6.45) is 0.761. The number of nitrogens with two attached hydrogens (primary N) is 1. The van der Waals surface area contributed by atoms with Crippen molar-refractivity contribution in [3.8, 4) is 0 Å². The van der Waals surface area contributed by atoms with E-state index in [2.05, 4.69) is 0 Å². The molecule has 0 amide bonds. The third-order valence-electron chi connectivity index (χ3n) is 2.51. The molecule has 1 aliphatic carbocycles. The van der Waals surface area contributed by atoms with E-state index in [4.69, 9.17) is 15.6 Å². The van der Waals surface area contributed by atoms with Crippen molar-refractivity contribution < 1.29 is 19.4 Å². The molecule has 13 heavy (non-hydrogen) atoms. The van der Waals surface area contributed by atoms with Crippen LogP contribution in [0, 0.1) is 17.8 Å². The van der Waals surface area contributed by atoms with Gasteiger partial charge in [0.15, 0.2) is 0 Å². The number of ether oxygens (including phenoxy) is 1. The second-order valence-corrected chi connectivity index (χ2v) is 3.27. The van der Waals surface area contributed by atoms with Gasteiger partial charge in [-0.3, -0.25) is 4.79 Å². The number of methoxy groups -OCH3 is 1. The van der Waals surface area contributed by atoms with Crippen LogP contribution in [0.4, 0.5) is 0 Å². The van der Waals surface area contributed by atoms with Crippen molar-refractivity contribution in [3.05, 3.63) is 0 Å². The predicted molar refractivity (Wildman–Crippen MR) is 44.0 cm³/mol. The molecular formula is C8H13NO4. The fourth-order valence-corrected chi connectivity index (χ4v) is 1.70. The van der Waals surface area contributed by atoms with Crippen LogP contribution in [0.1, 0.15) is 0 Å². The van der Waals surface area contributed by atoms with Crippen molar-refractivity contribution in [1.29, 1.82) is 0 Å². The Morgan fingerprint density at radius 3 is 2.77 bits per heavy atom. The Kier molecular flexibility index (Phi) is 3.00. The van der Waals surface area contributed by atoms with E-state index in [1.807, 2.05) is 0 Å². The highest BCUT2D eigenvalue weighted by molar-refractivity contribution is 5.76. The van der Waals surface area contributed by atoms with Gasteiger partial charge in [0, 0.05) is 18.9 Å². The minimum absolute atomic E-state index is 0.0198. The Hall–Kier alpha value is -0.940. The summed E-state index contributed by atoms with van der Waals surface area (Å²) < 4.78 is 4.85. The summed E-state index contributed by atoms with van der Waals surface area (Å²) in [7, 11) is 1.52. The quantitative estimate of drug-likeness (QED) is 0.545. The average Bonchev–Trinajstić information content (AvgIpc) is 2.77. The van der Waals surface area contributed by atoms with Crippen molar-refractivity contribution >= 4 is 12.3 Å². The lowest BCUT2D eigenvalue weighted by atomic mass is 10.1. The van der Waals surface area contributed by atoms with Gasteiger partial charge in [-0.1, -0.05) is 0 Å². The zero-order chi connectivity index (χ0) is 10.0. The number of carboxylic acid groups (broad SMARTS) is 1. The minimum Gasteiger partial charge on any atom is -0.480 e. The zero-order valence-corrected chi connectivity index (χ0v) is 7.34. The first-order valence-electron chi connectivity index (χ1n) is 4.06. The number of carbonyl (C=O) groups excluding carboxylic acids is 1. The Labute approximate surface area is 75.9 Å². The smallest absolute Gasteiger partial charge is 0.320 e. The fourth-order valence-electron chi connectivity index (χ4n) is 1.70. The van der Waals surface area contributed by atoms with E-state index >= 15 is 0 Å². The molecule has 0 aromatic heterocycles. The van der Waals surface area contributed by atoms with E-state index in [9.17, 15) is 9.59 Å². The molecule has 3 unspecified atom stereocenters. The van der Waals surface area contributed by atoms with Crippen molar-refractivity contribution in [3.63, 3.8) is 0 Å². The first-order valence-corrected chi connectivity index (χ1v) is 4.06. The van der Waals surface area contributed by atoms with Crippen LogP contribution in [-0.2, 0) is 14.3 Å². The van der Waals surface area contributed by atoms with E-state index < -0.39 is 12.0 Å². The Morgan fingerprint density at radius 2 is 2.38 bits per heavy atom. The summed E-state index contributed by atoms with van der Waals surface area (Å²) >= 11 is 0. The van der Waals surface area contributed by atoms with E-state index in [-0.39, 0.29) is 17.8 Å². The Morgan fingerprint density at radius 1 is 1.77 bits per heavy atom.